The lowest BCUT2D eigenvalue weighted by Crippen LogP contribution is -1.94. The van der Waals surface area contributed by atoms with Gasteiger partial charge < -0.3 is 0 Å². The highest BCUT2D eigenvalue weighted by Gasteiger charge is 2.09. The van der Waals surface area contributed by atoms with E-state index in [0.717, 1.165) is 31.1 Å². The molecule has 0 nitrogen and oxygen atoms in total. The first-order chi connectivity index (χ1) is 8.63. The lowest BCUT2D eigenvalue weighted by Gasteiger charge is -2.07. The van der Waals surface area contributed by atoms with Crippen LogP contribution in [0.15, 0.2) is 24.3 Å². The average Bonchev–Trinajstić information content (AvgIpc) is 2.36. The van der Waals surface area contributed by atoms with Gasteiger partial charge in [-0.05, 0) is 48.4 Å². The molecule has 0 spiro atoms. The Labute approximate surface area is 107 Å². The third-order valence-electron chi connectivity index (χ3n) is 3.36. The minimum Gasteiger partial charge on any atom is -0.207 e. The Morgan fingerprint density at radius 3 is 2.56 bits per heavy atom. The summed E-state index contributed by atoms with van der Waals surface area (Å²) in [6.07, 6.45) is 3.92. The third-order valence-corrected chi connectivity index (χ3v) is 3.36. The van der Waals surface area contributed by atoms with Gasteiger partial charge in [-0.25, -0.2) is 8.78 Å². The predicted molar refractivity (Wildman–Crippen MR) is 71.8 cm³/mol. The van der Waals surface area contributed by atoms with Crippen LogP contribution in [0.1, 0.15) is 37.3 Å². The molecule has 0 atom stereocenters. The standard InChI is InChI=1S/C16H18F2/c1-3-4-5-6-13-9-12-8-7-11(2)16(18)14(12)10-15(13)17/h7-10H,3-6H2,1-2H3. The maximum Gasteiger partial charge on any atom is 0.134 e. The van der Waals surface area contributed by atoms with Gasteiger partial charge in [0, 0.05) is 5.39 Å². The molecular weight excluding hydrogens is 230 g/mol. The highest BCUT2D eigenvalue weighted by Crippen LogP contribution is 2.25. The fourth-order valence-electron chi connectivity index (χ4n) is 2.22. The highest BCUT2D eigenvalue weighted by molar-refractivity contribution is 5.84. The molecule has 0 N–H and O–H groups in total. The van der Waals surface area contributed by atoms with Crippen LogP contribution < -0.4 is 0 Å². The summed E-state index contributed by atoms with van der Waals surface area (Å²) < 4.78 is 27.7. The minimum absolute atomic E-state index is 0.289. The molecular formula is C16H18F2. The number of benzene rings is 2. The van der Waals surface area contributed by atoms with Gasteiger partial charge in [0.15, 0.2) is 0 Å². The van der Waals surface area contributed by atoms with Crippen LogP contribution in [-0.2, 0) is 6.42 Å². The van der Waals surface area contributed by atoms with E-state index in [1.54, 1.807) is 19.1 Å². The zero-order chi connectivity index (χ0) is 13.1. The molecule has 96 valence electrons. The SMILES string of the molecule is CCCCCc1cc2ccc(C)c(F)c2cc1F. The molecule has 0 saturated heterocycles. The molecule has 0 heterocycles. The van der Waals surface area contributed by atoms with Crippen LogP contribution in [0.5, 0.6) is 0 Å². The number of unbranched alkanes of at least 4 members (excludes halogenated alkanes) is 2. The van der Waals surface area contributed by atoms with Crippen molar-refractivity contribution < 1.29 is 8.78 Å². The van der Waals surface area contributed by atoms with Crippen LogP contribution in [0.2, 0.25) is 0 Å². The second-order valence-corrected chi connectivity index (χ2v) is 4.82. The number of halogens is 2. The zero-order valence-corrected chi connectivity index (χ0v) is 10.9. The molecule has 0 aliphatic heterocycles. The molecule has 0 aromatic heterocycles. The summed E-state index contributed by atoms with van der Waals surface area (Å²) in [5.74, 6) is -0.602. The van der Waals surface area contributed by atoms with Crippen molar-refractivity contribution in [3.05, 3.63) is 47.0 Å². The van der Waals surface area contributed by atoms with Crippen molar-refractivity contribution in [1.29, 1.82) is 0 Å². The fourth-order valence-corrected chi connectivity index (χ4v) is 2.22. The summed E-state index contributed by atoms with van der Waals surface area (Å²) in [4.78, 5) is 0. The number of fused-ring (bicyclic) bond motifs is 1. The largest absolute Gasteiger partial charge is 0.207 e. The predicted octanol–water partition coefficient (Wildman–Crippen LogP) is 5.16. The Balaban J connectivity index is 2.40. The van der Waals surface area contributed by atoms with Crippen LogP contribution in [0.3, 0.4) is 0 Å². The fraction of sp³-hybridized carbons (Fsp3) is 0.375. The number of hydrogen-bond donors (Lipinski definition) is 0. The summed E-state index contributed by atoms with van der Waals surface area (Å²) >= 11 is 0. The Kier molecular flexibility index (Phi) is 3.95. The summed E-state index contributed by atoms with van der Waals surface area (Å²) in [5.41, 5.74) is 1.25. The van der Waals surface area contributed by atoms with E-state index in [1.807, 2.05) is 6.07 Å². The van der Waals surface area contributed by atoms with Gasteiger partial charge in [-0.15, -0.1) is 0 Å². The van der Waals surface area contributed by atoms with Crippen LogP contribution in [0.4, 0.5) is 8.78 Å². The summed E-state index contributed by atoms with van der Waals surface area (Å²) in [7, 11) is 0. The summed E-state index contributed by atoms with van der Waals surface area (Å²) in [6.45, 7) is 3.82. The first-order valence-electron chi connectivity index (χ1n) is 6.50. The highest BCUT2D eigenvalue weighted by atomic mass is 19.1. The van der Waals surface area contributed by atoms with Crippen LogP contribution in [0.25, 0.3) is 10.8 Å². The molecule has 18 heavy (non-hydrogen) atoms. The lowest BCUT2D eigenvalue weighted by molar-refractivity contribution is 0.597. The van der Waals surface area contributed by atoms with Gasteiger partial charge in [0.25, 0.3) is 0 Å². The normalized spacial score (nSPS) is 11.1. The molecule has 2 aromatic carbocycles. The van der Waals surface area contributed by atoms with Crippen molar-refractivity contribution in [1.82, 2.24) is 0 Å². The van der Waals surface area contributed by atoms with Crippen LogP contribution in [-0.4, -0.2) is 0 Å². The van der Waals surface area contributed by atoms with Gasteiger partial charge >= 0.3 is 0 Å². The van der Waals surface area contributed by atoms with Gasteiger partial charge in [0.2, 0.25) is 0 Å². The Morgan fingerprint density at radius 1 is 1.06 bits per heavy atom. The Morgan fingerprint density at radius 2 is 1.83 bits per heavy atom. The topological polar surface area (TPSA) is 0 Å². The van der Waals surface area contributed by atoms with E-state index in [4.69, 9.17) is 0 Å². The molecule has 2 rings (SSSR count). The van der Waals surface area contributed by atoms with Crippen molar-refractivity contribution in [3.63, 3.8) is 0 Å². The van der Waals surface area contributed by atoms with Crippen LogP contribution in [0, 0.1) is 18.6 Å². The van der Waals surface area contributed by atoms with Crippen molar-refractivity contribution >= 4 is 10.8 Å². The minimum atomic E-state index is -0.313. The summed E-state index contributed by atoms with van der Waals surface area (Å²) in [5, 5.41) is 1.16. The van der Waals surface area contributed by atoms with Crippen molar-refractivity contribution in [2.75, 3.05) is 0 Å². The van der Waals surface area contributed by atoms with E-state index in [-0.39, 0.29) is 11.6 Å². The van der Waals surface area contributed by atoms with Crippen molar-refractivity contribution in [2.24, 2.45) is 0 Å². The molecule has 0 aliphatic carbocycles. The Bertz CT molecular complexity index is 559. The van der Waals surface area contributed by atoms with E-state index in [1.165, 1.54) is 6.07 Å². The second-order valence-electron chi connectivity index (χ2n) is 4.82. The van der Waals surface area contributed by atoms with E-state index in [9.17, 15) is 8.78 Å². The van der Waals surface area contributed by atoms with Gasteiger partial charge in [-0.2, -0.15) is 0 Å². The van der Waals surface area contributed by atoms with Gasteiger partial charge in [-0.1, -0.05) is 31.9 Å². The van der Waals surface area contributed by atoms with E-state index >= 15 is 0 Å². The second kappa shape index (κ2) is 5.47. The van der Waals surface area contributed by atoms with Gasteiger partial charge in [0.05, 0.1) is 0 Å². The van der Waals surface area contributed by atoms with Gasteiger partial charge in [-0.3, -0.25) is 0 Å². The maximum absolute atomic E-state index is 13.9. The molecule has 0 saturated carbocycles. The van der Waals surface area contributed by atoms with Crippen molar-refractivity contribution in [2.45, 2.75) is 39.5 Å². The maximum atomic E-state index is 13.9. The molecule has 0 aliphatic rings. The van der Waals surface area contributed by atoms with Gasteiger partial charge in [0.1, 0.15) is 11.6 Å². The number of hydrogen-bond acceptors (Lipinski definition) is 0. The smallest absolute Gasteiger partial charge is 0.134 e. The van der Waals surface area contributed by atoms with Crippen LogP contribution >= 0.6 is 0 Å². The molecule has 0 fully saturated rings. The first-order valence-corrected chi connectivity index (χ1v) is 6.50. The quantitative estimate of drug-likeness (QED) is 0.656. The molecule has 0 radical (unpaired) electrons. The zero-order valence-electron chi connectivity index (χ0n) is 10.9. The van der Waals surface area contributed by atoms with E-state index in [2.05, 4.69) is 6.92 Å². The van der Waals surface area contributed by atoms with Crippen molar-refractivity contribution in [3.8, 4) is 0 Å². The molecule has 2 aromatic rings. The molecule has 0 amide bonds. The number of aryl methyl sites for hydroxylation is 2. The average molecular weight is 248 g/mol. The molecule has 0 unspecified atom stereocenters. The molecule has 0 bridgehead atoms. The van der Waals surface area contributed by atoms with E-state index < -0.39 is 0 Å². The first kappa shape index (κ1) is 13.0. The molecule has 2 heteroatoms. The Hall–Kier alpha value is -1.44. The number of rotatable bonds is 4. The summed E-state index contributed by atoms with van der Waals surface area (Å²) in [6, 6.07) is 6.71. The monoisotopic (exact) mass is 248 g/mol. The van der Waals surface area contributed by atoms with E-state index in [0.29, 0.717) is 16.5 Å². The third kappa shape index (κ3) is 2.53. The lowest BCUT2D eigenvalue weighted by atomic mass is 10.00.